The van der Waals surface area contributed by atoms with E-state index < -0.39 is 0 Å². The van der Waals surface area contributed by atoms with Gasteiger partial charge in [-0.05, 0) is 73.5 Å². The van der Waals surface area contributed by atoms with Crippen molar-refractivity contribution in [2.75, 3.05) is 0 Å². The minimum absolute atomic E-state index is 1.05. The Balaban J connectivity index is 1.68. The van der Waals surface area contributed by atoms with Crippen molar-refractivity contribution in [1.82, 2.24) is 0 Å². The molecule has 0 amide bonds. The number of benzene rings is 5. The predicted molar refractivity (Wildman–Crippen MR) is 115 cm³/mol. The highest BCUT2D eigenvalue weighted by molar-refractivity contribution is 6.10. The third kappa shape index (κ3) is 2.17. The van der Waals surface area contributed by atoms with E-state index in [9.17, 15) is 0 Å². The summed E-state index contributed by atoms with van der Waals surface area (Å²) in [6, 6.07) is 35.5. The number of rotatable bonds is 1. The van der Waals surface area contributed by atoms with Gasteiger partial charge in [-0.25, -0.2) is 0 Å². The first-order chi connectivity index (χ1) is 13.4. The van der Waals surface area contributed by atoms with Gasteiger partial charge in [0.05, 0.1) is 0 Å². The summed E-state index contributed by atoms with van der Waals surface area (Å²) >= 11 is 0. The van der Waals surface area contributed by atoms with E-state index in [1.165, 1.54) is 54.9 Å². The van der Waals surface area contributed by atoms with Crippen LogP contribution in [-0.4, -0.2) is 0 Å². The Labute approximate surface area is 158 Å². The standard InChI is InChI=1S/C27H18/c1-2-7-18(8-3-1)23-12-6-10-20-17-26-21(16-25(20)23)13-14-22-15-19-9-4-5-11-24(19)27(22)26/h1-14,16-17H,15H2. The van der Waals surface area contributed by atoms with Crippen LogP contribution in [0, 0.1) is 0 Å². The van der Waals surface area contributed by atoms with Crippen LogP contribution in [0.15, 0.2) is 97.1 Å². The van der Waals surface area contributed by atoms with Gasteiger partial charge in [0.25, 0.3) is 0 Å². The first-order valence-corrected chi connectivity index (χ1v) is 9.50. The second kappa shape index (κ2) is 5.56. The minimum atomic E-state index is 1.05. The highest BCUT2D eigenvalue weighted by atomic mass is 14.2. The summed E-state index contributed by atoms with van der Waals surface area (Å²) in [5.74, 6) is 0. The molecule has 27 heavy (non-hydrogen) atoms. The van der Waals surface area contributed by atoms with Crippen LogP contribution in [0.3, 0.4) is 0 Å². The molecular formula is C27H18. The van der Waals surface area contributed by atoms with E-state index >= 15 is 0 Å². The lowest BCUT2D eigenvalue weighted by atomic mass is 9.92. The van der Waals surface area contributed by atoms with Gasteiger partial charge in [-0.2, -0.15) is 0 Å². The first kappa shape index (κ1) is 14.8. The molecule has 0 nitrogen and oxygen atoms in total. The largest absolute Gasteiger partial charge is 0.0622 e. The number of hydrogen-bond donors (Lipinski definition) is 0. The Morgan fingerprint density at radius 3 is 2.15 bits per heavy atom. The summed E-state index contributed by atoms with van der Waals surface area (Å²) in [7, 11) is 0. The zero-order valence-electron chi connectivity index (χ0n) is 14.9. The molecule has 0 heteroatoms. The summed E-state index contributed by atoms with van der Waals surface area (Å²) in [4.78, 5) is 0. The molecule has 0 heterocycles. The van der Waals surface area contributed by atoms with Crippen LogP contribution in [0.4, 0.5) is 0 Å². The van der Waals surface area contributed by atoms with E-state index in [-0.39, 0.29) is 0 Å². The van der Waals surface area contributed by atoms with E-state index in [4.69, 9.17) is 0 Å². The Morgan fingerprint density at radius 1 is 0.481 bits per heavy atom. The fourth-order valence-corrected chi connectivity index (χ4v) is 4.60. The van der Waals surface area contributed by atoms with Crippen LogP contribution in [0.25, 0.3) is 43.8 Å². The van der Waals surface area contributed by atoms with Crippen LogP contribution in [0.2, 0.25) is 0 Å². The van der Waals surface area contributed by atoms with E-state index in [2.05, 4.69) is 97.1 Å². The van der Waals surface area contributed by atoms with Gasteiger partial charge in [-0.3, -0.25) is 0 Å². The highest BCUT2D eigenvalue weighted by Crippen LogP contribution is 2.43. The SMILES string of the molecule is c1ccc(-c2cccc3cc4c5c(ccc4cc23)Cc2ccccc2-5)cc1. The minimum Gasteiger partial charge on any atom is -0.0622 e. The van der Waals surface area contributed by atoms with Crippen molar-refractivity contribution in [3.63, 3.8) is 0 Å². The van der Waals surface area contributed by atoms with Gasteiger partial charge in [0.2, 0.25) is 0 Å². The monoisotopic (exact) mass is 342 g/mol. The van der Waals surface area contributed by atoms with E-state index in [1.54, 1.807) is 0 Å². The molecule has 6 rings (SSSR count). The summed E-state index contributed by atoms with van der Waals surface area (Å²) in [5, 5.41) is 5.32. The zero-order valence-corrected chi connectivity index (χ0v) is 14.9. The normalized spacial score (nSPS) is 12.3. The molecule has 126 valence electrons. The summed E-state index contributed by atoms with van der Waals surface area (Å²) in [5.41, 5.74) is 8.29. The average molecular weight is 342 g/mol. The molecule has 0 spiro atoms. The zero-order chi connectivity index (χ0) is 17.8. The maximum Gasteiger partial charge on any atom is -0.00132 e. The van der Waals surface area contributed by atoms with Gasteiger partial charge >= 0.3 is 0 Å². The molecule has 0 bridgehead atoms. The topological polar surface area (TPSA) is 0 Å². The lowest BCUT2D eigenvalue weighted by Gasteiger charge is -2.12. The Hall–Kier alpha value is -3.38. The van der Waals surface area contributed by atoms with Gasteiger partial charge in [-0.15, -0.1) is 0 Å². The molecule has 0 N–H and O–H groups in total. The Bertz CT molecular complexity index is 1330. The Morgan fingerprint density at radius 2 is 1.22 bits per heavy atom. The van der Waals surface area contributed by atoms with Gasteiger partial charge in [0.1, 0.15) is 0 Å². The van der Waals surface area contributed by atoms with E-state index in [1.807, 2.05) is 0 Å². The van der Waals surface area contributed by atoms with Crippen molar-refractivity contribution in [1.29, 1.82) is 0 Å². The lowest BCUT2D eigenvalue weighted by Crippen LogP contribution is -1.86. The fourth-order valence-electron chi connectivity index (χ4n) is 4.60. The molecule has 0 radical (unpaired) electrons. The van der Waals surface area contributed by atoms with Crippen LogP contribution in [0.1, 0.15) is 11.1 Å². The smallest absolute Gasteiger partial charge is 0.00132 e. The molecular weight excluding hydrogens is 324 g/mol. The summed E-state index contributed by atoms with van der Waals surface area (Å²) in [6.07, 6.45) is 1.05. The molecule has 0 fully saturated rings. The van der Waals surface area contributed by atoms with Crippen molar-refractivity contribution in [3.05, 3.63) is 108 Å². The maximum absolute atomic E-state index is 2.39. The van der Waals surface area contributed by atoms with Crippen LogP contribution >= 0.6 is 0 Å². The number of hydrogen-bond acceptors (Lipinski definition) is 0. The van der Waals surface area contributed by atoms with Crippen molar-refractivity contribution in [2.45, 2.75) is 6.42 Å². The first-order valence-electron chi connectivity index (χ1n) is 9.50. The van der Waals surface area contributed by atoms with Gasteiger partial charge in [0, 0.05) is 0 Å². The molecule has 0 aliphatic heterocycles. The summed E-state index contributed by atoms with van der Waals surface area (Å²) < 4.78 is 0. The molecule has 1 aliphatic rings. The number of fused-ring (bicyclic) bond motifs is 6. The molecule has 0 atom stereocenters. The van der Waals surface area contributed by atoms with Crippen LogP contribution < -0.4 is 0 Å². The van der Waals surface area contributed by atoms with Crippen molar-refractivity contribution in [3.8, 4) is 22.3 Å². The third-order valence-corrected chi connectivity index (χ3v) is 5.86. The maximum atomic E-state index is 2.39. The molecule has 0 saturated carbocycles. The molecule has 0 aromatic heterocycles. The van der Waals surface area contributed by atoms with E-state index in [0.29, 0.717) is 0 Å². The Kier molecular flexibility index (Phi) is 3.04. The summed E-state index contributed by atoms with van der Waals surface area (Å²) in [6.45, 7) is 0. The molecule has 5 aromatic rings. The highest BCUT2D eigenvalue weighted by Gasteiger charge is 2.20. The molecule has 0 unspecified atom stereocenters. The second-order valence-corrected chi connectivity index (χ2v) is 7.40. The van der Waals surface area contributed by atoms with Crippen LogP contribution in [-0.2, 0) is 6.42 Å². The van der Waals surface area contributed by atoms with Gasteiger partial charge in [0.15, 0.2) is 0 Å². The van der Waals surface area contributed by atoms with Crippen LogP contribution in [0.5, 0.6) is 0 Å². The molecule has 5 aromatic carbocycles. The van der Waals surface area contributed by atoms with Crippen molar-refractivity contribution >= 4 is 21.5 Å². The molecule has 0 saturated heterocycles. The average Bonchev–Trinajstić information content (AvgIpc) is 3.11. The fraction of sp³-hybridized carbons (Fsp3) is 0.0370. The third-order valence-electron chi connectivity index (χ3n) is 5.86. The van der Waals surface area contributed by atoms with Crippen molar-refractivity contribution < 1.29 is 0 Å². The lowest BCUT2D eigenvalue weighted by molar-refractivity contribution is 1.27. The predicted octanol–water partition coefficient (Wildman–Crippen LogP) is 7.23. The van der Waals surface area contributed by atoms with E-state index in [0.717, 1.165) is 6.42 Å². The van der Waals surface area contributed by atoms with Gasteiger partial charge in [-0.1, -0.05) is 84.9 Å². The van der Waals surface area contributed by atoms with Gasteiger partial charge < -0.3 is 0 Å². The molecule has 1 aliphatic carbocycles. The second-order valence-electron chi connectivity index (χ2n) is 7.40. The van der Waals surface area contributed by atoms with Crippen molar-refractivity contribution in [2.24, 2.45) is 0 Å². The quantitative estimate of drug-likeness (QED) is 0.276.